The Hall–Kier alpha value is 0.137. The van der Waals surface area contributed by atoms with Crippen molar-refractivity contribution < 1.29 is 4.43 Å². The minimum Gasteiger partial charge on any atom is -0.421 e. The van der Waals surface area contributed by atoms with Crippen molar-refractivity contribution in [1.82, 2.24) is 0 Å². The Labute approximate surface area is 59.1 Å². The highest BCUT2D eigenvalue weighted by Crippen LogP contribution is 1.89. The third kappa shape index (κ3) is 8.14. The van der Waals surface area contributed by atoms with Crippen LogP contribution in [0.5, 0.6) is 0 Å². The van der Waals surface area contributed by atoms with Crippen LogP contribution < -0.4 is 5.73 Å². The summed E-state index contributed by atoms with van der Waals surface area (Å²) >= 11 is 0. The van der Waals surface area contributed by atoms with Crippen molar-refractivity contribution in [3.63, 3.8) is 0 Å². The van der Waals surface area contributed by atoms with E-state index in [2.05, 4.69) is 13.1 Å². The summed E-state index contributed by atoms with van der Waals surface area (Å²) < 4.78 is 5.43. The summed E-state index contributed by atoms with van der Waals surface area (Å²) in [7, 11) is -0.754. The largest absolute Gasteiger partial charge is 0.421 e. The molecule has 0 aromatic heterocycles. The van der Waals surface area contributed by atoms with Gasteiger partial charge in [-0.25, -0.2) is 0 Å². The van der Waals surface area contributed by atoms with Gasteiger partial charge in [-0.2, -0.15) is 0 Å². The average Bonchev–Trinajstić information content (AvgIpc) is 1.80. The van der Waals surface area contributed by atoms with Gasteiger partial charge in [0, 0.05) is 6.61 Å². The second-order valence-corrected chi connectivity index (χ2v) is 4.85. The lowest BCUT2D eigenvalue weighted by Crippen LogP contribution is -2.09. The molecule has 2 nitrogen and oxygen atoms in total. The molecule has 0 radical (unpaired) electrons. The fraction of sp³-hybridized carbons (Fsp3) is 1.00. The molecule has 0 aliphatic rings. The summed E-state index contributed by atoms with van der Waals surface area (Å²) in [6.07, 6.45) is 2.22. The molecule has 0 aromatic rings. The maximum absolute atomic E-state index is 5.43. The van der Waals surface area contributed by atoms with Crippen LogP contribution >= 0.6 is 0 Å². The van der Waals surface area contributed by atoms with Crippen LogP contribution in [0.4, 0.5) is 0 Å². The molecule has 0 amide bonds. The lowest BCUT2D eigenvalue weighted by Gasteiger charge is -2.04. The molecule has 0 saturated carbocycles. The summed E-state index contributed by atoms with van der Waals surface area (Å²) in [5.41, 5.74) is 5.30. The third-order valence-corrected chi connectivity index (χ3v) is 1.95. The molecule has 0 heterocycles. The van der Waals surface area contributed by atoms with Crippen LogP contribution in [0.1, 0.15) is 12.8 Å². The molecule has 0 aliphatic heterocycles. The number of rotatable bonds is 5. The first-order valence-electron chi connectivity index (χ1n) is 3.59. The van der Waals surface area contributed by atoms with Gasteiger partial charge in [0.1, 0.15) is 0 Å². The summed E-state index contributed by atoms with van der Waals surface area (Å²) in [4.78, 5) is 0. The summed E-state index contributed by atoms with van der Waals surface area (Å²) in [5.74, 6) is 0. The number of hydrogen-bond acceptors (Lipinski definition) is 2. The monoisotopic (exact) mass is 147 g/mol. The van der Waals surface area contributed by atoms with Crippen molar-refractivity contribution in [2.75, 3.05) is 13.2 Å². The van der Waals surface area contributed by atoms with Crippen LogP contribution in [-0.2, 0) is 4.43 Å². The van der Waals surface area contributed by atoms with E-state index in [0.29, 0.717) is 0 Å². The van der Waals surface area contributed by atoms with Gasteiger partial charge < -0.3 is 10.2 Å². The highest BCUT2D eigenvalue weighted by Gasteiger charge is 1.92. The van der Waals surface area contributed by atoms with E-state index in [1.807, 2.05) is 0 Å². The van der Waals surface area contributed by atoms with Crippen LogP contribution in [0.25, 0.3) is 0 Å². The predicted octanol–water partition coefficient (Wildman–Crippen LogP) is 0.725. The van der Waals surface area contributed by atoms with Crippen LogP contribution in [-0.4, -0.2) is 22.2 Å². The van der Waals surface area contributed by atoms with Crippen molar-refractivity contribution >= 4 is 9.04 Å². The lowest BCUT2D eigenvalue weighted by molar-refractivity contribution is 0.315. The van der Waals surface area contributed by atoms with Gasteiger partial charge in [0.15, 0.2) is 9.04 Å². The number of hydrogen-bond donors (Lipinski definition) is 1. The van der Waals surface area contributed by atoms with Crippen molar-refractivity contribution in [1.29, 1.82) is 0 Å². The van der Waals surface area contributed by atoms with E-state index in [0.717, 1.165) is 26.0 Å². The summed E-state index contributed by atoms with van der Waals surface area (Å²) in [6.45, 7) is 6.08. The van der Waals surface area contributed by atoms with Gasteiger partial charge in [-0.15, -0.1) is 0 Å². The molecule has 0 unspecified atom stereocenters. The van der Waals surface area contributed by atoms with Crippen LogP contribution in [0, 0.1) is 0 Å². The molecular weight excluding hydrogens is 130 g/mol. The minimum atomic E-state index is -0.754. The molecule has 0 fully saturated rings. The topological polar surface area (TPSA) is 35.2 Å². The fourth-order valence-electron chi connectivity index (χ4n) is 0.565. The fourth-order valence-corrected chi connectivity index (χ4v) is 1.20. The Morgan fingerprint density at radius 3 is 2.44 bits per heavy atom. The van der Waals surface area contributed by atoms with Crippen LogP contribution in [0.2, 0.25) is 13.1 Å². The standard InChI is InChI=1S/C6H17NOSi/c1-9(2)8-6-4-3-5-7/h9H,3-7H2,1-2H3. The predicted molar refractivity (Wildman–Crippen MR) is 43.1 cm³/mol. The van der Waals surface area contributed by atoms with E-state index in [4.69, 9.17) is 10.2 Å². The van der Waals surface area contributed by atoms with Gasteiger partial charge in [0.2, 0.25) is 0 Å². The van der Waals surface area contributed by atoms with Gasteiger partial charge >= 0.3 is 0 Å². The molecule has 0 spiro atoms. The van der Waals surface area contributed by atoms with Crippen molar-refractivity contribution in [3.8, 4) is 0 Å². The van der Waals surface area contributed by atoms with E-state index in [9.17, 15) is 0 Å². The lowest BCUT2D eigenvalue weighted by atomic mass is 10.3. The maximum atomic E-state index is 5.43. The highest BCUT2D eigenvalue weighted by atomic mass is 28.3. The SMILES string of the molecule is C[SiH](C)OCCCCN. The van der Waals surface area contributed by atoms with Crippen molar-refractivity contribution in [2.24, 2.45) is 5.73 Å². The molecule has 9 heavy (non-hydrogen) atoms. The Balaban J connectivity index is 2.75. The smallest absolute Gasteiger partial charge is 0.170 e. The molecule has 56 valence electrons. The molecule has 0 bridgehead atoms. The van der Waals surface area contributed by atoms with E-state index in [-0.39, 0.29) is 0 Å². The molecule has 0 atom stereocenters. The van der Waals surface area contributed by atoms with Gasteiger partial charge in [-0.1, -0.05) is 0 Å². The normalized spacial score (nSPS) is 10.7. The van der Waals surface area contributed by atoms with Crippen LogP contribution in [0.15, 0.2) is 0 Å². The number of unbranched alkanes of at least 4 members (excludes halogenated alkanes) is 1. The van der Waals surface area contributed by atoms with Gasteiger partial charge in [0.05, 0.1) is 0 Å². The molecule has 3 heteroatoms. The highest BCUT2D eigenvalue weighted by molar-refractivity contribution is 6.48. The van der Waals surface area contributed by atoms with E-state index < -0.39 is 9.04 Å². The minimum absolute atomic E-state index is 0.754. The van der Waals surface area contributed by atoms with Gasteiger partial charge in [0.25, 0.3) is 0 Å². The Morgan fingerprint density at radius 2 is 2.00 bits per heavy atom. The Morgan fingerprint density at radius 1 is 1.33 bits per heavy atom. The number of nitrogens with two attached hydrogens (primary N) is 1. The molecular formula is C6H17NOSi. The second kappa shape index (κ2) is 6.26. The summed E-state index contributed by atoms with van der Waals surface area (Å²) in [5, 5.41) is 0. The zero-order valence-corrected chi connectivity index (χ0v) is 7.55. The van der Waals surface area contributed by atoms with E-state index in [1.165, 1.54) is 0 Å². The second-order valence-electron chi connectivity index (χ2n) is 2.42. The van der Waals surface area contributed by atoms with E-state index >= 15 is 0 Å². The molecule has 0 aromatic carbocycles. The van der Waals surface area contributed by atoms with Gasteiger partial charge in [-0.05, 0) is 32.5 Å². The Bertz CT molecular complexity index is 59.0. The van der Waals surface area contributed by atoms with Gasteiger partial charge in [-0.3, -0.25) is 0 Å². The van der Waals surface area contributed by atoms with Crippen molar-refractivity contribution in [3.05, 3.63) is 0 Å². The van der Waals surface area contributed by atoms with Crippen molar-refractivity contribution in [2.45, 2.75) is 25.9 Å². The zero-order valence-electron chi connectivity index (χ0n) is 6.39. The van der Waals surface area contributed by atoms with E-state index in [1.54, 1.807) is 0 Å². The zero-order chi connectivity index (χ0) is 7.11. The molecule has 0 aliphatic carbocycles. The molecule has 0 rings (SSSR count). The third-order valence-electron chi connectivity index (χ3n) is 1.05. The Kier molecular flexibility index (Phi) is 6.35. The maximum Gasteiger partial charge on any atom is 0.170 e. The quantitative estimate of drug-likeness (QED) is 0.459. The molecule has 0 saturated heterocycles. The first-order valence-corrected chi connectivity index (χ1v) is 6.37. The first-order chi connectivity index (χ1) is 4.27. The average molecular weight is 147 g/mol. The molecule has 2 N–H and O–H groups in total. The summed E-state index contributed by atoms with van der Waals surface area (Å²) in [6, 6.07) is 0. The first kappa shape index (κ1) is 9.14. The van der Waals surface area contributed by atoms with Crippen LogP contribution in [0.3, 0.4) is 0 Å².